The molecule has 2 N–H and O–H groups in total. The molecule has 1 unspecified atom stereocenters. The van der Waals surface area contributed by atoms with Crippen LogP contribution in [0.3, 0.4) is 0 Å². The average molecular weight is 338 g/mol. The summed E-state index contributed by atoms with van der Waals surface area (Å²) in [5.74, 6) is -1.38. The molecule has 0 saturated carbocycles. The van der Waals surface area contributed by atoms with Crippen LogP contribution in [-0.4, -0.2) is 36.1 Å². The fourth-order valence-electron chi connectivity index (χ4n) is 2.22. The van der Waals surface area contributed by atoms with Gasteiger partial charge in [0.1, 0.15) is 12.1 Å². The Morgan fingerprint density at radius 1 is 1.60 bits per heavy atom. The number of hydrogen-bond donors (Lipinski definition) is 2. The third-order valence-corrected chi connectivity index (χ3v) is 3.58. The van der Waals surface area contributed by atoms with Crippen LogP contribution in [0.2, 0.25) is 0 Å². The summed E-state index contributed by atoms with van der Waals surface area (Å²) in [5.41, 5.74) is 0.987. The fraction of sp³-hybridized carbons (Fsp3) is 0.308. The number of carboxylic acid groups (broad SMARTS) is 1. The molecule has 1 aromatic carbocycles. The molecule has 0 spiro atoms. The Bertz CT molecular complexity index is 597. The minimum absolute atomic E-state index is 0.299. The summed E-state index contributed by atoms with van der Waals surface area (Å²) in [6.07, 6.45) is -0.299. The smallest absolute Gasteiger partial charge is 0.305 e. The van der Waals surface area contributed by atoms with Gasteiger partial charge in [-0.15, -0.1) is 0 Å². The van der Waals surface area contributed by atoms with E-state index in [1.54, 1.807) is 23.1 Å². The van der Waals surface area contributed by atoms with E-state index in [9.17, 15) is 14.9 Å². The second-order valence-corrected chi connectivity index (χ2v) is 5.29. The van der Waals surface area contributed by atoms with Crippen LogP contribution in [0.25, 0.3) is 0 Å². The van der Waals surface area contributed by atoms with Crippen molar-refractivity contribution in [3.05, 3.63) is 28.2 Å². The maximum atomic E-state index is 11.9. The van der Waals surface area contributed by atoms with E-state index >= 15 is 0 Å². The highest BCUT2D eigenvalue weighted by Crippen LogP contribution is 2.27. The first kappa shape index (κ1) is 14.3. The van der Waals surface area contributed by atoms with Gasteiger partial charge in [0.25, 0.3) is 0 Å². The minimum Gasteiger partial charge on any atom is -0.481 e. The number of nitrogens with one attached hydrogen (secondary N) is 1. The Morgan fingerprint density at radius 3 is 3.00 bits per heavy atom. The second kappa shape index (κ2) is 5.92. The Labute approximate surface area is 124 Å². The summed E-state index contributed by atoms with van der Waals surface area (Å²) in [5, 5.41) is 20.8. The number of hydrogen-bond acceptors (Lipinski definition) is 4. The Morgan fingerprint density at radius 2 is 2.35 bits per heavy atom. The number of carbonyl (C=O) groups is 2. The first-order valence-electron chi connectivity index (χ1n) is 5.98. The number of nitriles is 1. The van der Waals surface area contributed by atoms with Crippen LogP contribution in [-0.2, 0) is 9.59 Å². The standard InChI is InChI=1S/C13H12BrN3O3/c14-9-1-2-10(8(5-9)7-15)17-4-3-16-13(20)11(17)6-12(18)19/h1-2,5,11H,3-4,6H2,(H,16,20)(H,18,19). The molecule has 2 rings (SSSR count). The van der Waals surface area contributed by atoms with Crippen LogP contribution < -0.4 is 10.2 Å². The average Bonchev–Trinajstić information content (AvgIpc) is 2.41. The van der Waals surface area contributed by atoms with Gasteiger partial charge >= 0.3 is 5.97 Å². The molecule has 1 saturated heterocycles. The SMILES string of the molecule is N#Cc1cc(Br)ccc1N1CCNC(=O)C1CC(=O)O. The molecule has 1 fully saturated rings. The van der Waals surface area contributed by atoms with Gasteiger partial charge in [-0.3, -0.25) is 9.59 Å². The number of nitrogens with zero attached hydrogens (tertiary/aromatic N) is 2. The number of amides is 1. The molecular weight excluding hydrogens is 326 g/mol. The van der Waals surface area contributed by atoms with E-state index in [-0.39, 0.29) is 12.3 Å². The number of piperazine rings is 1. The van der Waals surface area contributed by atoms with Gasteiger partial charge in [-0.25, -0.2) is 0 Å². The lowest BCUT2D eigenvalue weighted by atomic mass is 10.1. The summed E-state index contributed by atoms with van der Waals surface area (Å²) in [6.45, 7) is 0.899. The van der Waals surface area contributed by atoms with Crippen molar-refractivity contribution < 1.29 is 14.7 Å². The van der Waals surface area contributed by atoms with Crippen molar-refractivity contribution in [2.75, 3.05) is 18.0 Å². The molecule has 7 heteroatoms. The number of rotatable bonds is 3. The summed E-state index contributed by atoms with van der Waals surface area (Å²) in [7, 11) is 0. The number of carbonyl (C=O) groups excluding carboxylic acids is 1. The first-order valence-corrected chi connectivity index (χ1v) is 6.78. The third kappa shape index (κ3) is 2.91. The van der Waals surface area contributed by atoms with E-state index in [1.165, 1.54) is 0 Å². The van der Waals surface area contributed by atoms with Crippen molar-refractivity contribution in [1.29, 1.82) is 5.26 Å². The van der Waals surface area contributed by atoms with E-state index in [1.807, 2.05) is 0 Å². The predicted octanol–water partition coefficient (Wildman–Crippen LogP) is 1.10. The van der Waals surface area contributed by atoms with Gasteiger partial charge in [-0.05, 0) is 18.2 Å². The zero-order chi connectivity index (χ0) is 14.7. The van der Waals surface area contributed by atoms with Crippen LogP contribution in [0.4, 0.5) is 5.69 Å². The Hall–Kier alpha value is -2.07. The fourth-order valence-corrected chi connectivity index (χ4v) is 2.58. The van der Waals surface area contributed by atoms with Gasteiger partial charge < -0.3 is 15.3 Å². The highest BCUT2D eigenvalue weighted by Gasteiger charge is 2.32. The number of aliphatic carboxylic acids is 1. The molecule has 6 nitrogen and oxygen atoms in total. The second-order valence-electron chi connectivity index (χ2n) is 4.37. The molecule has 1 aromatic rings. The maximum absolute atomic E-state index is 11.9. The lowest BCUT2D eigenvalue weighted by Crippen LogP contribution is -2.56. The minimum atomic E-state index is -1.05. The van der Waals surface area contributed by atoms with E-state index in [4.69, 9.17) is 5.11 Å². The molecule has 1 amide bonds. The maximum Gasteiger partial charge on any atom is 0.305 e. The van der Waals surface area contributed by atoms with E-state index in [0.717, 1.165) is 4.47 Å². The van der Waals surface area contributed by atoms with E-state index < -0.39 is 12.0 Å². The van der Waals surface area contributed by atoms with Gasteiger partial charge in [0.2, 0.25) is 5.91 Å². The van der Waals surface area contributed by atoms with Crippen LogP contribution in [0, 0.1) is 11.3 Å². The summed E-state index contributed by atoms with van der Waals surface area (Å²) < 4.78 is 0.758. The van der Waals surface area contributed by atoms with Gasteiger partial charge in [-0.2, -0.15) is 5.26 Å². The van der Waals surface area contributed by atoms with E-state index in [2.05, 4.69) is 27.3 Å². The number of carboxylic acids is 1. The van der Waals surface area contributed by atoms with Gasteiger partial charge in [0.15, 0.2) is 0 Å². The lowest BCUT2D eigenvalue weighted by Gasteiger charge is -2.36. The van der Waals surface area contributed by atoms with Gasteiger partial charge in [0.05, 0.1) is 17.7 Å². The molecule has 0 radical (unpaired) electrons. The molecular formula is C13H12BrN3O3. The third-order valence-electron chi connectivity index (χ3n) is 3.09. The highest BCUT2D eigenvalue weighted by molar-refractivity contribution is 9.10. The Balaban J connectivity index is 2.40. The molecule has 1 aliphatic rings. The molecule has 1 heterocycles. The number of anilines is 1. The molecule has 1 aliphatic heterocycles. The largest absolute Gasteiger partial charge is 0.481 e. The topological polar surface area (TPSA) is 93.4 Å². The number of benzene rings is 1. The normalized spacial score (nSPS) is 18.3. The van der Waals surface area contributed by atoms with Gasteiger partial charge in [0, 0.05) is 17.6 Å². The highest BCUT2D eigenvalue weighted by atomic mass is 79.9. The van der Waals surface area contributed by atoms with Crippen LogP contribution in [0.15, 0.2) is 22.7 Å². The lowest BCUT2D eigenvalue weighted by molar-refractivity contribution is -0.139. The van der Waals surface area contributed by atoms with Gasteiger partial charge in [-0.1, -0.05) is 15.9 Å². The van der Waals surface area contributed by atoms with Crippen LogP contribution in [0.5, 0.6) is 0 Å². The molecule has 0 aromatic heterocycles. The van der Waals surface area contributed by atoms with Crippen LogP contribution >= 0.6 is 15.9 Å². The zero-order valence-corrected chi connectivity index (χ0v) is 12.1. The Kier molecular flexibility index (Phi) is 4.25. The first-order chi connectivity index (χ1) is 9.52. The van der Waals surface area contributed by atoms with Crippen LogP contribution in [0.1, 0.15) is 12.0 Å². The van der Waals surface area contributed by atoms with Crippen molar-refractivity contribution in [3.8, 4) is 6.07 Å². The summed E-state index contributed by atoms with van der Waals surface area (Å²) in [6, 6.07) is 6.41. The quantitative estimate of drug-likeness (QED) is 0.861. The molecule has 0 bridgehead atoms. The van der Waals surface area contributed by atoms with Crippen molar-refractivity contribution in [1.82, 2.24) is 5.32 Å². The van der Waals surface area contributed by atoms with Crippen molar-refractivity contribution in [2.24, 2.45) is 0 Å². The molecule has 20 heavy (non-hydrogen) atoms. The monoisotopic (exact) mass is 337 g/mol. The summed E-state index contributed by atoms with van der Waals surface area (Å²) >= 11 is 3.29. The van der Waals surface area contributed by atoms with Crippen molar-refractivity contribution >= 4 is 33.5 Å². The predicted molar refractivity (Wildman–Crippen MR) is 75.3 cm³/mol. The van der Waals surface area contributed by atoms with Crippen molar-refractivity contribution in [3.63, 3.8) is 0 Å². The molecule has 1 atom stereocenters. The molecule has 104 valence electrons. The number of halogens is 1. The summed E-state index contributed by atoms with van der Waals surface area (Å²) in [4.78, 5) is 24.5. The van der Waals surface area contributed by atoms with E-state index in [0.29, 0.717) is 24.3 Å². The zero-order valence-electron chi connectivity index (χ0n) is 10.5. The molecule has 0 aliphatic carbocycles. The van der Waals surface area contributed by atoms with Crippen molar-refractivity contribution in [2.45, 2.75) is 12.5 Å².